The molecule has 0 aliphatic heterocycles. The van der Waals surface area contributed by atoms with E-state index in [1.54, 1.807) is 11.3 Å². The Morgan fingerprint density at radius 2 is 2.27 bits per heavy atom. The molecule has 0 spiro atoms. The van der Waals surface area contributed by atoms with Crippen molar-refractivity contribution in [3.8, 4) is 0 Å². The van der Waals surface area contributed by atoms with Crippen LogP contribution in [0.2, 0.25) is 5.02 Å². The van der Waals surface area contributed by atoms with Crippen LogP contribution in [0.25, 0.3) is 10.1 Å². The third-order valence-electron chi connectivity index (χ3n) is 2.50. The molecule has 0 aliphatic carbocycles. The van der Waals surface area contributed by atoms with Gasteiger partial charge in [0.15, 0.2) is 0 Å². The molecule has 0 unspecified atom stereocenters. The molecule has 1 aromatic carbocycles. The molecule has 2 rings (SSSR count). The Morgan fingerprint density at radius 3 is 3.07 bits per heavy atom. The van der Waals surface area contributed by atoms with Crippen molar-refractivity contribution in [1.29, 1.82) is 0 Å². The molecule has 0 bridgehead atoms. The first kappa shape index (κ1) is 10.9. The van der Waals surface area contributed by atoms with Gasteiger partial charge in [0.05, 0.1) is 0 Å². The average Bonchev–Trinajstić information content (AvgIpc) is 2.63. The van der Waals surface area contributed by atoms with E-state index in [0.29, 0.717) is 0 Å². The van der Waals surface area contributed by atoms with Gasteiger partial charge in [0.1, 0.15) is 0 Å². The van der Waals surface area contributed by atoms with Crippen molar-refractivity contribution in [2.45, 2.75) is 12.8 Å². The number of aryl methyl sites for hydroxylation is 1. The summed E-state index contributed by atoms with van der Waals surface area (Å²) >= 11 is 7.99. The minimum absolute atomic E-state index is 0.883. The zero-order valence-corrected chi connectivity index (χ0v) is 10.3. The highest BCUT2D eigenvalue weighted by molar-refractivity contribution is 7.17. The molecule has 0 atom stereocenters. The predicted molar refractivity (Wildman–Crippen MR) is 69.1 cm³/mol. The summed E-state index contributed by atoms with van der Waals surface area (Å²) in [4.78, 5) is 0. The van der Waals surface area contributed by atoms with E-state index < -0.39 is 0 Å². The molecule has 2 aromatic rings. The molecule has 15 heavy (non-hydrogen) atoms. The maximum absolute atomic E-state index is 6.21. The summed E-state index contributed by atoms with van der Waals surface area (Å²) in [5, 5.41) is 7.52. The van der Waals surface area contributed by atoms with Gasteiger partial charge < -0.3 is 5.32 Å². The van der Waals surface area contributed by atoms with Crippen LogP contribution in [0.3, 0.4) is 0 Å². The second-order valence-electron chi connectivity index (χ2n) is 3.58. The SMILES string of the molecule is CNCCCc1csc2cccc(Cl)c12. The molecule has 3 heteroatoms. The Kier molecular flexibility index (Phi) is 3.62. The normalized spacial score (nSPS) is 11.1. The Balaban J connectivity index is 2.27. The fourth-order valence-corrected chi connectivity index (χ4v) is 3.12. The van der Waals surface area contributed by atoms with E-state index in [9.17, 15) is 0 Å². The molecule has 0 saturated carbocycles. The lowest BCUT2D eigenvalue weighted by Crippen LogP contribution is -2.08. The number of fused-ring (bicyclic) bond motifs is 1. The molecule has 0 aliphatic rings. The van der Waals surface area contributed by atoms with E-state index in [2.05, 4.69) is 16.8 Å². The van der Waals surface area contributed by atoms with Crippen molar-refractivity contribution in [1.82, 2.24) is 5.32 Å². The quantitative estimate of drug-likeness (QED) is 0.803. The number of halogens is 1. The van der Waals surface area contributed by atoms with E-state index in [1.165, 1.54) is 15.6 Å². The molecular formula is C12H14ClNS. The number of thiophene rings is 1. The smallest absolute Gasteiger partial charge is 0.0495 e. The monoisotopic (exact) mass is 239 g/mol. The van der Waals surface area contributed by atoms with Gasteiger partial charge >= 0.3 is 0 Å². The Morgan fingerprint density at radius 1 is 1.40 bits per heavy atom. The van der Waals surface area contributed by atoms with Gasteiger partial charge in [-0.3, -0.25) is 0 Å². The van der Waals surface area contributed by atoms with Crippen LogP contribution >= 0.6 is 22.9 Å². The van der Waals surface area contributed by atoms with Crippen LogP contribution in [0.4, 0.5) is 0 Å². The minimum atomic E-state index is 0.883. The zero-order valence-electron chi connectivity index (χ0n) is 8.72. The van der Waals surface area contributed by atoms with Crippen LogP contribution in [0.1, 0.15) is 12.0 Å². The summed E-state index contributed by atoms with van der Waals surface area (Å²) in [6.07, 6.45) is 2.26. The summed E-state index contributed by atoms with van der Waals surface area (Å²) in [6.45, 7) is 1.06. The fraction of sp³-hybridized carbons (Fsp3) is 0.333. The van der Waals surface area contributed by atoms with E-state index in [1.807, 2.05) is 19.2 Å². The first-order valence-corrected chi connectivity index (χ1v) is 6.38. The van der Waals surface area contributed by atoms with E-state index >= 15 is 0 Å². The highest BCUT2D eigenvalue weighted by atomic mass is 35.5. The number of hydrogen-bond acceptors (Lipinski definition) is 2. The van der Waals surface area contributed by atoms with Crippen LogP contribution in [-0.4, -0.2) is 13.6 Å². The van der Waals surface area contributed by atoms with Crippen molar-refractivity contribution >= 4 is 33.0 Å². The number of benzene rings is 1. The van der Waals surface area contributed by atoms with Gasteiger partial charge in [-0.15, -0.1) is 11.3 Å². The Labute approximate surface area is 99.1 Å². The third kappa shape index (κ3) is 2.33. The van der Waals surface area contributed by atoms with E-state index in [-0.39, 0.29) is 0 Å². The Hall–Kier alpha value is -0.570. The third-order valence-corrected chi connectivity index (χ3v) is 3.81. The summed E-state index contributed by atoms with van der Waals surface area (Å²) in [5.41, 5.74) is 1.39. The molecule has 0 fully saturated rings. The topological polar surface area (TPSA) is 12.0 Å². The second kappa shape index (κ2) is 4.97. The second-order valence-corrected chi connectivity index (χ2v) is 4.90. The zero-order chi connectivity index (χ0) is 10.7. The number of rotatable bonds is 4. The van der Waals surface area contributed by atoms with E-state index in [4.69, 9.17) is 11.6 Å². The van der Waals surface area contributed by atoms with Crippen molar-refractivity contribution in [3.05, 3.63) is 34.2 Å². The standard InChI is InChI=1S/C12H14ClNS/c1-14-7-3-4-9-8-15-11-6-2-5-10(13)12(9)11/h2,5-6,8,14H,3-4,7H2,1H3. The van der Waals surface area contributed by atoms with Crippen LogP contribution in [-0.2, 0) is 6.42 Å². The summed E-state index contributed by atoms with van der Waals surface area (Å²) < 4.78 is 1.29. The van der Waals surface area contributed by atoms with Gasteiger partial charge in [0.25, 0.3) is 0 Å². The molecule has 1 nitrogen and oxygen atoms in total. The Bertz CT molecular complexity index is 450. The van der Waals surface area contributed by atoms with Gasteiger partial charge in [0.2, 0.25) is 0 Å². The maximum Gasteiger partial charge on any atom is 0.0495 e. The van der Waals surface area contributed by atoms with Crippen LogP contribution in [0, 0.1) is 0 Å². The average molecular weight is 240 g/mol. The van der Waals surface area contributed by atoms with Gasteiger partial charge in [-0.05, 0) is 49.5 Å². The van der Waals surface area contributed by atoms with Crippen LogP contribution < -0.4 is 5.32 Å². The van der Waals surface area contributed by atoms with Gasteiger partial charge in [-0.25, -0.2) is 0 Å². The summed E-state index contributed by atoms with van der Waals surface area (Å²) in [6, 6.07) is 6.12. The van der Waals surface area contributed by atoms with Crippen molar-refractivity contribution < 1.29 is 0 Å². The summed E-state index contributed by atoms with van der Waals surface area (Å²) in [5.74, 6) is 0. The largest absolute Gasteiger partial charge is 0.320 e. The summed E-state index contributed by atoms with van der Waals surface area (Å²) in [7, 11) is 1.98. The molecule has 0 saturated heterocycles. The molecule has 0 amide bonds. The lowest BCUT2D eigenvalue weighted by molar-refractivity contribution is 0.727. The van der Waals surface area contributed by atoms with Gasteiger partial charge in [0, 0.05) is 15.1 Å². The van der Waals surface area contributed by atoms with Gasteiger partial charge in [-0.1, -0.05) is 17.7 Å². The first-order chi connectivity index (χ1) is 7.33. The van der Waals surface area contributed by atoms with Crippen molar-refractivity contribution in [2.75, 3.05) is 13.6 Å². The highest BCUT2D eigenvalue weighted by Gasteiger charge is 2.06. The molecule has 80 valence electrons. The predicted octanol–water partition coefficient (Wildman–Crippen LogP) is 3.71. The van der Waals surface area contributed by atoms with Crippen molar-refractivity contribution in [2.24, 2.45) is 0 Å². The molecule has 1 heterocycles. The lowest BCUT2D eigenvalue weighted by Gasteiger charge is -2.01. The van der Waals surface area contributed by atoms with Crippen LogP contribution in [0.15, 0.2) is 23.6 Å². The maximum atomic E-state index is 6.21. The van der Waals surface area contributed by atoms with Crippen LogP contribution in [0.5, 0.6) is 0 Å². The molecule has 0 radical (unpaired) electrons. The van der Waals surface area contributed by atoms with Gasteiger partial charge in [-0.2, -0.15) is 0 Å². The fourth-order valence-electron chi connectivity index (χ4n) is 1.75. The highest BCUT2D eigenvalue weighted by Crippen LogP contribution is 2.32. The van der Waals surface area contributed by atoms with Crippen molar-refractivity contribution in [3.63, 3.8) is 0 Å². The molecule has 1 aromatic heterocycles. The number of nitrogens with one attached hydrogen (secondary N) is 1. The van der Waals surface area contributed by atoms with E-state index in [0.717, 1.165) is 24.4 Å². The molecular weight excluding hydrogens is 226 g/mol. The lowest BCUT2D eigenvalue weighted by atomic mass is 10.1. The molecule has 1 N–H and O–H groups in total. The first-order valence-electron chi connectivity index (χ1n) is 5.12. The number of hydrogen-bond donors (Lipinski definition) is 1. The minimum Gasteiger partial charge on any atom is -0.320 e.